The van der Waals surface area contributed by atoms with Crippen LogP contribution in [0, 0.1) is 0 Å². The van der Waals surface area contributed by atoms with Gasteiger partial charge in [0.15, 0.2) is 5.65 Å². The molecule has 6 aromatic rings. The number of H-pyrrole nitrogens is 1. The summed E-state index contributed by atoms with van der Waals surface area (Å²) >= 11 is 0. The average molecular weight is 539 g/mol. The molecule has 0 aliphatic heterocycles. The van der Waals surface area contributed by atoms with Crippen LogP contribution in [0.25, 0.3) is 44.5 Å². The fourth-order valence-corrected chi connectivity index (χ4v) is 5.76. The Balaban J connectivity index is 1.44. The number of pyridine rings is 1. The molecule has 7 rings (SSSR count). The molecule has 0 radical (unpaired) electrons. The number of aromatic nitrogens is 4. The number of aromatic amines is 1. The van der Waals surface area contributed by atoms with Crippen LogP contribution in [0.5, 0.6) is 0 Å². The number of hydrogen-bond donors (Lipinski definition) is 1. The zero-order chi connectivity index (χ0) is 27.6. The molecule has 202 valence electrons. The SMILES string of the molecule is O=c1c(-c2ccc3ncccc3c2)c(COCc2ccccc2)nc2c(C3=CCCCC3)c(-c3ccccc3)[nH]n12. The molecule has 1 N–H and O–H groups in total. The summed E-state index contributed by atoms with van der Waals surface area (Å²) in [6.45, 7) is 0.648. The van der Waals surface area contributed by atoms with Crippen molar-refractivity contribution in [1.29, 1.82) is 0 Å². The molecule has 0 unspecified atom stereocenters. The summed E-state index contributed by atoms with van der Waals surface area (Å²) in [7, 11) is 0. The molecule has 0 atom stereocenters. The Kier molecular flexibility index (Phi) is 6.75. The third-order valence-corrected chi connectivity index (χ3v) is 7.77. The molecular weight excluding hydrogens is 508 g/mol. The second-order valence-electron chi connectivity index (χ2n) is 10.5. The summed E-state index contributed by atoms with van der Waals surface area (Å²) in [5, 5.41) is 4.42. The van der Waals surface area contributed by atoms with Crippen LogP contribution in [0.2, 0.25) is 0 Å². The van der Waals surface area contributed by atoms with Crippen LogP contribution in [0.15, 0.2) is 108 Å². The fraction of sp³-hybridized carbons (Fsp3) is 0.171. The third-order valence-electron chi connectivity index (χ3n) is 7.77. The number of ether oxygens (including phenoxy) is 1. The first-order valence-corrected chi connectivity index (χ1v) is 14.2. The lowest BCUT2D eigenvalue weighted by molar-refractivity contribution is 0.105. The number of nitrogens with one attached hydrogen (secondary N) is 1. The predicted molar refractivity (Wildman–Crippen MR) is 163 cm³/mol. The Bertz CT molecular complexity index is 1940. The fourth-order valence-electron chi connectivity index (χ4n) is 5.76. The van der Waals surface area contributed by atoms with E-state index >= 15 is 0 Å². The van der Waals surface area contributed by atoms with Crippen LogP contribution >= 0.6 is 0 Å². The van der Waals surface area contributed by atoms with E-state index < -0.39 is 0 Å². The van der Waals surface area contributed by atoms with E-state index in [1.54, 1.807) is 10.7 Å². The van der Waals surface area contributed by atoms with Gasteiger partial charge in [0.2, 0.25) is 0 Å². The summed E-state index contributed by atoms with van der Waals surface area (Å²) in [5.74, 6) is 0. The van der Waals surface area contributed by atoms with E-state index in [-0.39, 0.29) is 12.2 Å². The summed E-state index contributed by atoms with van der Waals surface area (Å²) in [5.41, 5.74) is 8.60. The molecular formula is C35H30N4O2. The Morgan fingerprint density at radius 2 is 1.66 bits per heavy atom. The van der Waals surface area contributed by atoms with E-state index in [4.69, 9.17) is 9.72 Å². The summed E-state index contributed by atoms with van der Waals surface area (Å²) in [6.07, 6.45) is 8.38. The van der Waals surface area contributed by atoms with Gasteiger partial charge in [-0.15, -0.1) is 0 Å². The van der Waals surface area contributed by atoms with Crippen molar-refractivity contribution in [2.75, 3.05) is 0 Å². The van der Waals surface area contributed by atoms with Crippen LogP contribution < -0.4 is 5.56 Å². The lowest BCUT2D eigenvalue weighted by Crippen LogP contribution is -2.21. The highest BCUT2D eigenvalue weighted by atomic mass is 16.5. The second kappa shape index (κ2) is 11.0. The highest BCUT2D eigenvalue weighted by molar-refractivity contribution is 5.89. The van der Waals surface area contributed by atoms with Gasteiger partial charge in [-0.2, -0.15) is 4.52 Å². The lowest BCUT2D eigenvalue weighted by Gasteiger charge is -2.14. The van der Waals surface area contributed by atoms with Gasteiger partial charge >= 0.3 is 0 Å². The van der Waals surface area contributed by atoms with Crippen molar-refractivity contribution in [3.63, 3.8) is 0 Å². The first-order valence-electron chi connectivity index (χ1n) is 14.2. The van der Waals surface area contributed by atoms with Gasteiger partial charge < -0.3 is 4.74 Å². The van der Waals surface area contributed by atoms with Crippen molar-refractivity contribution in [2.45, 2.75) is 38.9 Å². The summed E-state index contributed by atoms with van der Waals surface area (Å²) in [4.78, 5) is 24.1. The van der Waals surface area contributed by atoms with Gasteiger partial charge in [0, 0.05) is 22.7 Å². The molecule has 6 nitrogen and oxygen atoms in total. The molecule has 3 aromatic carbocycles. The number of benzene rings is 3. The molecule has 1 aliphatic rings. The van der Waals surface area contributed by atoms with Crippen LogP contribution in [-0.4, -0.2) is 19.6 Å². The zero-order valence-electron chi connectivity index (χ0n) is 22.7. The van der Waals surface area contributed by atoms with Crippen molar-refractivity contribution in [2.24, 2.45) is 0 Å². The molecule has 0 spiro atoms. The minimum absolute atomic E-state index is 0.142. The third kappa shape index (κ3) is 4.87. The van der Waals surface area contributed by atoms with E-state index in [9.17, 15) is 4.79 Å². The van der Waals surface area contributed by atoms with E-state index in [2.05, 4.69) is 28.3 Å². The van der Waals surface area contributed by atoms with Gasteiger partial charge in [-0.25, -0.2) is 4.98 Å². The van der Waals surface area contributed by atoms with Crippen LogP contribution in [0.4, 0.5) is 0 Å². The van der Waals surface area contributed by atoms with Crippen LogP contribution in [0.3, 0.4) is 0 Å². The van der Waals surface area contributed by atoms with Gasteiger partial charge in [-0.05, 0) is 60.6 Å². The Labute approximate surface area is 238 Å². The van der Waals surface area contributed by atoms with Gasteiger partial charge in [0.25, 0.3) is 5.56 Å². The normalized spacial score (nSPS) is 13.5. The number of fused-ring (bicyclic) bond motifs is 2. The average Bonchev–Trinajstić information content (AvgIpc) is 3.42. The Morgan fingerprint density at radius 1 is 0.829 bits per heavy atom. The van der Waals surface area contributed by atoms with Gasteiger partial charge in [0.05, 0.1) is 35.7 Å². The molecule has 0 bridgehead atoms. The molecule has 6 heteroatoms. The van der Waals surface area contributed by atoms with E-state index in [1.807, 2.05) is 78.9 Å². The zero-order valence-corrected chi connectivity index (χ0v) is 22.7. The highest BCUT2D eigenvalue weighted by Crippen LogP contribution is 2.36. The molecule has 41 heavy (non-hydrogen) atoms. The maximum Gasteiger partial charge on any atom is 0.280 e. The Hall–Kier alpha value is -4.81. The van der Waals surface area contributed by atoms with E-state index in [1.165, 1.54) is 12.0 Å². The van der Waals surface area contributed by atoms with Crippen molar-refractivity contribution < 1.29 is 4.74 Å². The number of rotatable bonds is 7. The van der Waals surface area contributed by atoms with Gasteiger partial charge in [0.1, 0.15) is 0 Å². The number of allylic oxidation sites excluding steroid dienone is 2. The van der Waals surface area contributed by atoms with Crippen molar-refractivity contribution in [3.8, 4) is 22.4 Å². The second-order valence-corrected chi connectivity index (χ2v) is 10.5. The van der Waals surface area contributed by atoms with Crippen molar-refractivity contribution >= 4 is 22.1 Å². The first kappa shape index (κ1) is 25.2. The van der Waals surface area contributed by atoms with Crippen molar-refractivity contribution in [3.05, 3.63) is 130 Å². The standard InChI is InChI=1S/C35H30N4O2/c40-35-31(28-18-19-29-27(21-28)17-10-20-36-29)30(23-41-22-24-11-4-1-5-12-24)37-34-32(25-13-6-2-7-14-25)33(38-39(34)35)26-15-8-3-9-16-26/h1,3-5,8-13,15-21,38H,2,6-7,14,22-23H2. The largest absolute Gasteiger partial charge is 0.370 e. The predicted octanol–water partition coefficient (Wildman–Crippen LogP) is 7.58. The molecule has 1 aliphatic carbocycles. The lowest BCUT2D eigenvalue weighted by atomic mass is 9.92. The maximum atomic E-state index is 14.4. The monoisotopic (exact) mass is 538 g/mol. The highest BCUT2D eigenvalue weighted by Gasteiger charge is 2.24. The number of hydrogen-bond acceptors (Lipinski definition) is 4. The first-order chi connectivity index (χ1) is 20.3. The summed E-state index contributed by atoms with van der Waals surface area (Å²) in [6, 6.07) is 30.1. The minimum atomic E-state index is -0.142. The molecule has 0 saturated heterocycles. The molecule has 3 heterocycles. The topological polar surface area (TPSA) is 72.3 Å². The van der Waals surface area contributed by atoms with Gasteiger partial charge in [-0.3, -0.25) is 14.9 Å². The molecule has 0 fully saturated rings. The maximum absolute atomic E-state index is 14.4. The quantitative estimate of drug-likeness (QED) is 0.227. The molecule has 3 aromatic heterocycles. The molecule has 0 amide bonds. The molecule has 0 saturated carbocycles. The van der Waals surface area contributed by atoms with Gasteiger partial charge in [-0.1, -0.05) is 78.9 Å². The minimum Gasteiger partial charge on any atom is -0.370 e. The van der Waals surface area contributed by atoms with E-state index in [0.29, 0.717) is 23.5 Å². The summed E-state index contributed by atoms with van der Waals surface area (Å²) < 4.78 is 7.81. The number of nitrogens with zero attached hydrogens (tertiary/aromatic N) is 3. The van der Waals surface area contributed by atoms with Crippen molar-refractivity contribution in [1.82, 2.24) is 19.6 Å². The van der Waals surface area contributed by atoms with Crippen LogP contribution in [0.1, 0.15) is 42.5 Å². The van der Waals surface area contributed by atoms with Crippen LogP contribution in [-0.2, 0) is 18.0 Å². The smallest absolute Gasteiger partial charge is 0.280 e. The van der Waals surface area contributed by atoms with E-state index in [0.717, 1.165) is 58.1 Å². The Morgan fingerprint density at radius 3 is 2.46 bits per heavy atom.